The van der Waals surface area contributed by atoms with Crippen molar-refractivity contribution in [2.75, 3.05) is 26.2 Å². The lowest BCUT2D eigenvalue weighted by Crippen LogP contribution is -2.66. The van der Waals surface area contributed by atoms with Crippen molar-refractivity contribution in [3.05, 3.63) is 34.3 Å². The molecule has 59 heavy (non-hydrogen) atoms. The first-order valence-corrected chi connectivity index (χ1v) is 21.4. The SMILES string of the molecule is CC[C@H](C)[C@H](NC(=O)[C@]1(NC(=O)[C@@H]2CCCN2C(=O)[C@H](CCCCN)NC(=O)[C@@H](N)CCCN=C(N)N)CCO[C@@H]1c1ccc(Br)cc1)C(=O)N[C@@H](CC(C)C)C(=O)O. The molecule has 8 atom stereocenters. The molecule has 2 heterocycles. The Balaban J connectivity index is 1.94. The fraction of sp³-hybridized carbons (Fsp3) is 0.675. The Bertz CT molecular complexity index is 1630. The summed E-state index contributed by atoms with van der Waals surface area (Å²) in [4.78, 5) is 88.0. The third-order valence-corrected chi connectivity index (χ3v) is 11.5. The molecule has 0 aromatic heterocycles. The van der Waals surface area contributed by atoms with E-state index in [1.165, 1.54) is 4.90 Å². The molecule has 2 aliphatic rings. The molecule has 0 unspecified atom stereocenters. The van der Waals surface area contributed by atoms with Crippen LogP contribution in [0.1, 0.15) is 104 Å². The lowest BCUT2D eigenvalue weighted by atomic mass is 9.84. The highest BCUT2D eigenvalue weighted by atomic mass is 79.9. The Morgan fingerprint density at radius 3 is 2.27 bits per heavy atom. The molecule has 3 rings (SSSR count). The second-order valence-corrected chi connectivity index (χ2v) is 16.9. The average Bonchev–Trinajstić information content (AvgIpc) is 3.86. The van der Waals surface area contributed by atoms with Crippen molar-refractivity contribution in [3.63, 3.8) is 0 Å². The largest absolute Gasteiger partial charge is 0.480 e. The topological polar surface area (TPSA) is 300 Å². The normalized spacial score (nSPS) is 21.5. The smallest absolute Gasteiger partial charge is 0.326 e. The number of amides is 5. The van der Waals surface area contributed by atoms with Crippen molar-refractivity contribution in [2.24, 2.45) is 39.8 Å². The predicted molar refractivity (Wildman–Crippen MR) is 226 cm³/mol. The first kappa shape index (κ1) is 49.0. The van der Waals surface area contributed by atoms with Crippen LogP contribution in [0.25, 0.3) is 0 Å². The van der Waals surface area contributed by atoms with Crippen molar-refractivity contribution in [2.45, 2.75) is 134 Å². The number of aliphatic imine (C=N–C) groups is 1. The maximum atomic E-state index is 14.8. The maximum Gasteiger partial charge on any atom is 0.326 e. The van der Waals surface area contributed by atoms with E-state index in [4.69, 9.17) is 27.7 Å². The zero-order valence-corrected chi connectivity index (χ0v) is 36.3. The molecule has 330 valence electrons. The van der Waals surface area contributed by atoms with Crippen molar-refractivity contribution >= 4 is 57.4 Å². The van der Waals surface area contributed by atoms with Gasteiger partial charge in [0.05, 0.1) is 12.6 Å². The molecule has 0 saturated carbocycles. The summed E-state index contributed by atoms with van der Waals surface area (Å²) in [6.45, 7) is 8.30. The van der Waals surface area contributed by atoms with E-state index in [1.54, 1.807) is 31.2 Å². The summed E-state index contributed by atoms with van der Waals surface area (Å²) in [5.41, 5.74) is 21.5. The summed E-state index contributed by atoms with van der Waals surface area (Å²) < 4.78 is 6.97. The summed E-state index contributed by atoms with van der Waals surface area (Å²) >= 11 is 3.44. The zero-order valence-electron chi connectivity index (χ0n) is 34.7. The van der Waals surface area contributed by atoms with E-state index >= 15 is 0 Å². The molecule has 0 aliphatic carbocycles. The highest BCUT2D eigenvalue weighted by Gasteiger charge is 2.54. The molecule has 2 saturated heterocycles. The van der Waals surface area contributed by atoms with E-state index in [9.17, 15) is 33.9 Å². The third-order valence-electron chi connectivity index (χ3n) is 11.0. The van der Waals surface area contributed by atoms with Gasteiger partial charge in [-0.1, -0.05) is 62.2 Å². The molecule has 0 bridgehead atoms. The van der Waals surface area contributed by atoms with Gasteiger partial charge in [-0.25, -0.2) is 4.79 Å². The van der Waals surface area contributed by atoms with Gasteiger partial charge in [-0.2, -0.15) is 0 Å². The van der Waals surface area contributed by atoms with Crippen LogP contribution >= 0.6 is 15.9 Å². The number of benzene rings is 1. The summed E-state index contributed by atoms with van der Waals surface area (Å²) in [5, 5.41) is 21.1. The molecule has 1 aromatic carbocycles. The van der Waals surface area contributed by atoms with Crippen LogP contribution in [0.3, 0.4) is 0 Å². The van der Waals surface area contributed by atoms with Crippen LogP contribution < -0.4 is 44.2 Å². The molecular weight excluding hydrogens is 828 g/mol. The lowest BCUT2D eigenvalue weighted by Gasteiger charge is -2.38. The quantitative estimate of drug-likeness (QED) is 0.0421. The van der Waals surface area contributed by atoms with E-state index in [2.05, 4.69) is 42.2 Å². The van der Waals surface area contributed by atoms with Crippen LogP contribution in [0.4, 0.5) is 0 Å². The van der Waals surface area contributed by atoms with Crippen molar-refractivity contribution in [1.82, 2.24) is 26.2 Å². The van der Waals surface area contributed by atoms with Crippen molar-refractivity contribution in [3.8, 4) is 0 Å². The molecule has 0 spiro atoms. The van der Waals surface area contributed by atoms with Gasteiger partial charge in [-0.05, 0) is 87.4 Å². The highest BCUT2D eigenvalue weighted by Crippen LogP contribution is 2.40. The van der Waals surface area contributed by atoms with Gasteiger partial charge in [-0.15, -0.1) is 0 Å². The van der Waals surface area contributed by atoms with Gasteiger partial charge >= 0.3 is 5.97 Å². The number of aliphatic carboxylic acids is 1. The fourth-order valence-corrected chi connectivity index (χ4v) is 7.72. The summed E-state index contributed by atoms with van der Waals surface area (Å²) in [5.74, 6) is -4.66. The number of hydrogen-bond donors (Lipinski definition) is 9. The molecule has 5 amide bonds. The molecule has 13 N–H and O–H groups in total. The van der Waals surface area contributed by atoms with Gasteiger partial charge in [0.1, 0.15) is 30.3 Å². The van der Waals surface area contributed by atoms with Crippen LogP contribution in [0.5, 0.6) is 0 Å². The number of guanidine groups is 1. The highest BCUT2D eigenvalue weighted by molar-refractivity contribution is 9.10. The van der Waals surface area contributed by atoms with Gasteiger partial charge in [0.15, 0.2) is 11.5 Å². The summed E-state index contributed by atoms with van der Waals surface area (Å²) in [7, 11) is 0. The molecule has 19 heteroatoms. The number of halogens is 1. The minimum absolute atomic E-state index is 0.0289. The molecule has 18 nitrogen and oxygen atoms in total. The Morgan fingerprint density at radius 1 is 0.983 bits per heavy atom. The van der Waals surface area contributed by atoms with Gasteiger partial charge < -0.3 is 58.9 Å². The van der Waals surface area contributed by atoms with Crippen molar-refractivity contribution in [1.29, 1.82) is 0 Å². The van der Waals surface area contributed by atoms with Gasteiger partial charge in [0.2, 0.25) is 29.5 Å². The number of rotatable bonds is 23. The van der Waals surface area contributed by atoms with Crippen LogP contribution in [0, 0.1) is 11.8 Å². The summed E-state index contributed by atoms with van der Waals surface area (Å²) in [6.07, 6.45) is 2.58. The minimum Gasteiger partial charge on any atom is -0.480 e. The number of ether oxygens (including phenoxy) is 1. The Labute approximate surface area is 355 Å². The maximum absolute atomic E-state index is 14.8. The number of carbonyl (C=O) groups is 6. The molecule has 1 aromatic rings. The third kappa shape index (κ3) is 13.9. The van der Waals surface area contributed by atoms with E-state index in [0.29, 0.717) is 44.2 Å². The number of carboxylic acid groups (broad SMARTS) is 1. The minimum atomic E-state index is -1.74. The number of carbonyl (C=O) groups excluding carboxylic acids is 5. The Hall–Kier alpha value is -4.33. The number of carboxylic acids is 1. The molecule has 2 aliphatic heterocycles. The monoisotopic (exact) mass is 892 g/mol. The Kier molecular flexibility index (Phi) is 19.5. The van der Waals surface area contributed by atoms with Crippen LogP contribution in [0.15, 0.2) is 33.7 Å². The van der Waals surface area contributed by atoms with Crippen LogP contribution in [-0.4, -0.2) is 113 Å². The molecular formula is C40H65BrN10O8. The fourth-order valence-electron chi connectivity index (χ4n) is 7.46. The second kappa shape index (κ2) is 23.5. The first-order chi connectivity index (χ1) is 27.9. The van der Waals surface area contributed by atoms with Crippen LogP contribution in [-0.2, 0) is 33.5 Å². The van der Waals surface area contributed by atoms with Gasteiger partial charge in [0.25, 0.3) is 0 Å². The van der Waals surface area contributed by atoms with E-state index in [-0.39, 0.29) is 63.7 Å². The standard InChI is InChI=1S/C40H65BrN10O8/c1-5-24(4)31(35(54)48-29(37(56)57)22-23(2)3)49-38(58)40(17-21-59-32(40)25-13-15-26(41)16-14-25)50-34(53)30-12-9-20-51(30)36(55)28(11-6-7-18-42)47-33(52)27(43)10-8-19-46-39(44)45/h13-16,23-24,27-32H,5-12,17-22,42-43H2,1-4H3,(H,47,52)(H,48,54)(H,49,58)(H,50,53)(H,56,57)(H4,44,45,46)/t24-,27-,28-,29-,30-,31-,32+,40-/m0/s1. The lowest BCUT2D eigenvalue weighted by molar-refractivity contribution is -0.145. The molecule has 2 fully saturated rings. The number of unbranched alkanes of at least 4 members (excludes halogenated alkanes) is 1. The van der Waals surface area contributed by atoms with Gasteiger partial charge in [-0.3, -0.25) is 29.0 Å². The van der Waals surface area contributed by atoms with Crippen molar-refractivity contribution < 1.29 is 38.6 Å². The predicted octanol–water partition coefficient (Wildman–Crippen LogP) is 0.898. The average molecular weight is 894 g/mol. The number of nitrogens with zero attached hydrogens (tertiary/aromatic N) is 2. The number of hydrogen-bond acceptors (Lipinski definition) is 10. The zero-order chi connectivity index (χ0) is 43.9. The second-order valence-electron chi connectivity index (χ2n) is 16.0. The number of nitrogens with two attached hydrogens (primary N) is 4. The van der Waals surface area contributed by atoms with E-state index < -0.39 is 83.3 Å². The Morgan fingerprint density at radius 2 is 1.66 bits per heavy atom. The van der Waals surface area contributed by atoms with Gasteiger partial charge in [0, 0.05) is 24.0 Å². The van der Waals surface area contributed by atoms with E-state index in [0.717, 1.165) is 4.47 Å². The number of likely N-dealkylation sites (tertiary alicyclic amines) is 1. The van der Waals surface area contributed by atoms with Crippen LogP contribution in [0.2, 0.25) is 0 Å². The summed E-state index contributed by atoms with van der Waals surface area (Å²) in [6, 6.07) is 1.84. The first-order valence-electron chi connectivity index (χ1n) is 20.6. The van der Waals surface area contributed by atoms with E-state index in [1.807, 2.05) is 20.8 Å². The number of nitrogens with one attached hydrogen (secondary N) is 4. The molecule has 0 radical (unpaired) electrons.